The first kappa shape index (κ1) is 13.1. The third-order valence-corrected chi connectivity index (χ3v) is 3.18. The summed E-state index contributed by atoms with van der Waals surface area (Å²) < 4.78 is 7.09. The Morgan fingerprint density at radius 3 is 2.89 bits per heavy atom. The van der Waals surface area contributed by atoms with Crippen LogP contribution in [0, 0.1) is 0 Å². The third kappa shape index (κ3) is 2.71. The lowest BCUT2D eigenvalue weighted by Crippen LogP contribution is -2.24. The van der Waals surface area contributed by atoms with Crippen molar-refractivity contribution in [3.8, 4) is 0 Å². The zero-order chi connectivity index (χ0) is 13.0. The van der Waals surface area contributed by atoms with Crippen molar-refractivity contribution < 1.29 is 4.74 Å². The lowest BCUT2D eigenvalue weighted by molar-refractivity contribution is 0.187. The number of nitrogens with zero attached hydrogens (tertiary/aromatic N) is 2. The number of hydrogen-bond acceptors (Lipinski definition) is 3. The van der Waals surface area contributed by atoms with Crippen molar-refractivity contribution in [2.75, 3.05) is 13.7 Å². The zero-order valence-corrected chi connectivity index (χ0v) is 11.1. The molecule has 2 rings (SSSR count). The standard InChI is InChI=1S/C14H21N3O/c1-3-17-14-7-5-4-6-12(14)13(16-17)10-11(15)8-9-18-2/h4-7,11H,3,8-10,15H2,1-2H3. The van der Waals surface area contributed by atoms with Gasteiger partial charge in [-0.05, 0) is 19.4 Å². The summed E-state index contributed by atoms with van der Waals surface area (Å²) >= 11 is 0. The van der Waals surface area contributed by atoms with Crippen molar-refractivity contribution in [3.05, 3.63) is 30.0 Å². The van der Waals surface area contributed by atoms with Crippen molar-refractivity contribution in [1.82, 2.24) is 9.78 Å². The normalized spacial score (nSPS) is 13.1. The number of methoxy groups -OCH3 is 1. The largest absolute Gasteiger partial charge is 0.385 e. The summed E-state index contributed by atoms with van der Waals surface area (Å²) in [5.74, 6) is 0. The van der Waals surface area contributed by atoms with Crippen LogP contribution in [0.25, 0.3) is 10.9 Å². The highest BCUT2D eigenvalue weighted by Crippen LogP contribution is 2.19. The number of rotatable bonds is 6. The van der Waals surface area contributed by atoms with E-state index in [9.17, 15) is 0 Å². The van der Waals surface area contributed by atoms with Gasteiger partial charge in [-0.15, -0.1) is 0 Å². The second kappa shape index (κ2) is 5.98. The van der Waals surface area contributed by atoms with Crippen LogP contribution in [-0.2, 0) is 17.7 Å². The molecule has 1 unspecified atom stereocenters. The number of aryl methyl sites for hydroxylation is 1. The average Bonchev–Trinajstić information content (AvgIpc) is 2.75. The van der Waals surface area contributed by atoms with Gasteiger partial charge in [-0.3, -0.25) is 4.68 Å². The van der Waals surface area contributed by atoms with Gasteiger partial charge in [-0.1, -0.05) is 18.2 Å². The minimum Gasteiger partial charge on any atom is -0.385 e. The Morgan fingerprint density at radius 2 is 2.17 bits per heavy atom. The molecule has 0 amide bonds. The molecule has 4 nitrogen and oxygen atoms in total. The molecule has 1 aromatic heterocycles. The van der Waals surface area contributed by atoms with Gasteiger partial charge in [0.05, 0.1) is 11.2 Å². The highest BCUT2D eigenvalue weighted by Gasteiger charge is 2.12. The molecule has 98 valence electrons. The third-order valence-electron chi connectivity index (χ3n) is 3.18. The zero-order valence-electron chi connectivity index (χ0n) is 11.1. The van der Waals surface area contributed by atoms with Crippen LogP contribution in [-0.4, -0.2) is 29.5 Å². The lowest BCUT2D eigenvalue weighted by atomic mass is 10.1. The Morgan fingerprint density at radius 1 is 1.39 bits per heavy atom. The van der Waals surface area contributed by atoms with Gasteiger partial charge >= 0.3 is 0 Å². The minimum atomic E-state index is 0.105. The Labute approximate surface area is 108 Å². The van der Waals surface area contributed by atoms with Gasteiger partial charge in [0.1, 0.15) is 0 Å². The molecule has 0 fully saturated rings. The van der Waals surface area contributed by atoms with E-state index in [1.54, 1.807) is 7.11 Å². The predicted octanol–water partition coefficient (Wildman–Crippen LogP) is 1.96. The summed E-state index contributed by atoms with van der Waals surface area (Å²) in [4.78, 5) is 0. The predicted molar refractivity (Wildman–Crippen MR) is 73.6 cm³/mol. The molecule has 0 spiro atoms. The Kier molecular flexibility index (Phi) is 4.33. The molecule has 1 atom stereocenters. The molecule has 2 N–H and O–H groups in total. The molecule has 18 heavy (non-hydrogen) atoms. The molecule has 1 aromatic carbocycles. The molecule has 4 heteroatoms. The topological polar surface area (TPSA) is 53.1 Å². The molecule has 0 aliphatic heterocycles. The number of benzene rings is 1. The molecule has 0 saturated carbocycles. The van der Waals surface area contributed by atoms with Gasteiger partial charge in [0.25, 0.3) is 0 Å². The summed E-state index contributed by atoms with van der Waals surface area (Å²) in [7, 11) is 1.70. The summed E-state index contributed by atoms with van der Waals surface area (Å²) in [6, 6.07) is 8.43. The second-order valence-corrected chi connectivity index (χ2v) is 4.53. The average molecular weight is 247 g/mol. The van der Waals surface area contributed by atoms with E-state index in [-0.39, 0.29) is 6.04 Å². The fraction of sp³-hybridized carbons (Fsp3) is 0.500. The van der Waals surface area contributed by atoms with E-state index in [1.807, 2.05) is 16.8 Å². The molecular formula is C14H21N3O. The van der Waals surface area contributed by atoms with Crippen LogP contribution >= 0.6 is 0 Å². The Bertz CT molecular complexity index is 507. The summed E-state index contributed by atoms with van der Waals surface area (Å²) in [5.41, 5.74) is 8.39. The van der Waals surface area contributed by atoms with Crippen LogP contribution in [0.15, 0.2) is 24.3 Å². The number of para-hydroxylation sites is 1. The molecule has 2 aromatic rings. The fourth-order valence-corrected chi connectivity index (χ4v) is 2.21. The van der Waals surface area contributed by atoms with E-state index in [0.29, 0.717) is 6.61 Å². The second-order valence-electron chi connectivity index (χ2n) is 4.53. The molecular weight excluding hydrogens is 226 g/mol. The number of fused-ring (bicyclic) bond motifs is 1. The smallest absolute Gasteiger partial charge is 0.0718 e. The van der Waals surface area contributed by atoms with E-state index in [2.05, 4.69) is 24.2 Å². The number of aromatic nitrogens is 2. The maximum absolute atomic E-state index is 6.10. The highest BCUT2D eigenvalue weighted by atomic mass is 16.5. The van der Waals surface area contributed by atoms with Gasteiger partial charge in [0, 0.05) is 38.1 Å². The molecule has 0 aliphatic carbocycles. The van der Waals surface area contributed by atoms with E-state index < -0.39 is 0 Å². The van der Waals surface area contributed by atoms with E-state index >= 15 is 0 Å². The summed E-state index contributed by atoms with van der Waals surface area (Å²) in [6.07, 6.45) is 1.67. The van der Waals surface area contributed by atoms with Crippen molar-refractivity contribution in [2.45, 2.75) is 32.4 Å². The molecule has 1 heterocycles. The van der Waals surface area contributed by atoms with Gasteiger partial charge in [-0.25, -0.2) is 0 Å². The summed E-state index contributed by atoms with van der Waals surface area (Å²) in [5, 5.41) is 5.87. The van der Waals surface area contributed by atoms with Crippen molar-refractivity contribution >= 4 is 10.9 Å². The van der Waals surface area contributed by atoms with Gasteiger partial charge < -0.3 is 10.5 Å². The van der Waals surface area contributed by atoms with E-state index in [0.717, 1.165) is 25.1 Å². The van der Waals surface area contributed by atoms with Crippen LogP contribution in [0.3, 0.4) is 0 Å². The van der Waals surface area contributed by atoms with Crippen molar-refractivity contribution in [3.63, 3.8) is 0 Å². The Hall–Kier alpha value is -1.39. The van der Waals surface area contributed by atoms with Gasteiger partial charge in [0.2, 0.25) is 0 Å². The highest BCUT2D eigenvalue weighted by molar-refractivity contribution is 5.82. The lowest BCUT2D eigenvalue weighted by Gasteiger charge is -2.08. The van der Waals surface area contributed by atoms with Crippen LogP contribution in [0.2, 0.25) is 0 Å². The fourth-order valence-electron chi connectivity index (χ4n) is 2.21. The Balaban J connectivity index is 2.22. The van der Waals surface area contributed by atoms with Crippen LogP contribution in [0.1, 0.15) is 19.0 Å². The monoisotopic (exact) mass is 247 g/mol. The minimum absolute atomic E-state index is 0.105. The SMILES string of the molecule is CCn1nc(CC(N)CCOC)c2ccccc21. The van der Waals surface area contributed by atoms with Gasteiger partial charge in [-0.2, -0.15) is 5.10 Å². The number of nitrogens with two attached hydrogens (primary N) is 1. The molecule has 0 aliphatic rings. The summed E-state index contributed by atoms with van der Waals surface area (Å²) in [6.45, 7) is 3.69. The maximum Gasteiger partial charge on any atom is 0.0718 e. The quantitative estimate of drug-likeness (QED) is 0.849. The first-order valence-electron chi connectivity index (χ1n) is 6.45. The van der Waals surface area contributed by atoms with Crippen LogP contribution in [0.4, 0.5) is 0 Å². The van der Waals surface area contributed by atoms with E-state index in [1.165, 1.54) is 10.9 Å². The molecule has 0 saturated heterocycles. The van der Waals surface area contributed by atoms with Crippen LogP contribution < -0.4 is 5.73 Å². The van der Waals surface area contributed by atoms with Gasteiger partial charge in [0.15, 0.2) is 0 Å². The number of ether oxygens (including phenoxy) is 1. The van der Waals surface area contributed by atoms with Crippen LogP contribution in [0.5, 0.6) is 0 Å². The maximum atomic E-state index is 6.10. The first-order valence-corrected chi connectivity index (χ1v) is 6.45. The number of hydrogen-bond donors (Lipinski definition) is 1. The molecule has 0 bridgehead atoms. The van der Waals surface area contributed by atoms with E-state index in [4.69, 9.17) is 10.5 Å². The van der Waals surface area contributed by atoms with Crippen molar-refractivity contribution in [2.24, 2.45) is 5.73 Å². The molecule has 0 radical (unpaired) electrons. The van der Waals surface area contributed by atoms with Crippen molar-refractivity contribution in [1.29, 1.82) is 0 Å². The first-order chi connectivity index (χ1) is 8.76.